The van der Waals surface area contributed by atoms with Crippen LogP contribution in [0.15, 0.2) is 42.5 Å². The molecular formula is C15H14ClNO3. The van der Waals surface area contributed by atoms with Gasteiger partial charge in [0, 0.05) is 12.5 Å². The molecule has 1 amide bonds. The molecule has 0 fully saturated rings. The minimum atomic E-state index is -0.192. The monoisotopic (exact) mass is 291 g/mol. The van der Waals surface area contributed by atoms with Crippen molar-refractivity contribution >= 4 is 23.2 Å². The third-order valence-corrected chi connectivity index (χ3v) is 2.93. The van der Waals surface area contributed by atoms with Crippen LogP contribution in [-0.2, 0) is 11.4 Å². The van der Waals surface area contributed by atoms with Gasteiger partial charge in [-0.3, -0.25) is 4.79 Å². The SMILES string of the molecule is CC(=O)Nc1ccccc1Oc1c(Cl)cccc1CO. The van der Waals surface area contributed by atoms with Crippen LogP contribution in [0.3, 0.4) is 0 Å². The van der Waals surface area contributed by atoms with E-state index in [1.165, 1.54) is 6.92 Å². The molecule has 0 aliphatic carbocycles. The number of aliphatic hydroxyl groups is 1. The van der Waals surface area contributed by atoms with Crippen molar-refractivity contribution in [3.63, 3.8) is 0 Å². The van der Waals surface area contributed by atoms with Crippen molar-refractivity contribution in [1.82, 2.24) is 0 Å². The van der Waals surface area contributed by atoms with Gasteiger partial charge in [-0.25, -0.2) is 0 Å². The van der Waals surface area contributed by atoms with Gasteiger partial charge >= 0.3 is 0 Å². The lowest BCUT2D eigenvalue weighted by atomic mass is 10.2. The second-order valence-electron chi connectivity index (χ2n) is 4.17. The van der Waals surface area contributed by atoms with Gasteiger partial charge in [0.25, 0.3) is 0 Å². The molecule has 20 heavy (non-hydrogen) atoms. The van der Waals surface area contributed by atoms with Crippen LogP contribution in [-0.4, -0.2) is 11.0 Å². The molecule has 2 aromatic rings. The van der Waals surface area contributed by atoms with Crippen molar-refractivity contribution in [1.29, 1.82) is 0 Å². The Morgan fingerprint density at radius 3 is 2.70 bits per heavy atom. The van der Waals surface area contributed by atoms with E-state index in [2.05, 4.69) is 5.32 Å². The Balaban J connectivity index is 2.38. The fraction of sp³-hybridized carbons (Fsp3) is 0.133. The maximum atomic E-state index is 11.2. The number of amides is 1. The van der Waals surface area contributed by atoms with E-state index in [1.807, 2.05) is 0 Å². The van der Waals surface area contributed by atoms with E-state index < -0.39 is 0 Å². The minimum Gasteiger partial charge on any atom is -0.453 e. The summed E-state index contributed by atoms with van der Waals surface area (Å²) in [5.74, 6) is 0.655. The number of benzene rings is 2. The molecule has 4 nitrogen and oxygen atoms in total. The first kappa shape index (κ1) is 14.4. The molecule has 0 spiro atoms. The zero-order chi connectivity index (χ0) is 14.5. The molecule has 0 saturated heterocycles. The van der Waals surface area contributed by atoms with E-state index in [-0.39, 0.29) is 12.5 Å². The van der Waals surface area contributed by atoms with Crippen LogP contribution in [0.25, 0.3) is 0 Å². The average molecular weight is 292 g/mol. The molecular weight excluding hydrogens is 278 g/mol. The van der Waals surface area contributed by atoms with Gasteiger partial charge in [0.1, 0.15) is 0 Å². The highest BCUT2D eigenvalue weighted by Crippen LogP contribution is 2.36. The third-order valence-electron chi connectivity index (χ3n) is 2.63. The van der Waals surface area contributed by atoms with Crippen LogP contribution < -0.4 is 10.1 Å². The third kappa shape index (κ3) is 3.29. The Morgan fingerprint density at radius 1 is 1.25 bits per heavy atom. The van der Waals surface area contributed by atoms with Crippen molar-refractivity contribution in [2.45, 2.75) is 13.5 Å². The van der Waals surface area contributed by atoms with Crippen LogP contribution in [0, 0.1) is 0 Å². The average Bonchev–Trinajstić information content (AvgIpc) is 2.42. The predicted molar refractivity (Wildman–Crippen MR) is 78.2 cm³/mol. The molecule has 104 valence electrons. The van der Waals surface area contributed by atoms with E-state index in [0.717, 1.165) is 0 Å². The number of rotatable bonds is 4. The molecule has 0 aliphatic heterocycles. The molecule has 0 atom stereocenters. The lowest BCUT2D eigenvalue weighted by Gasteiger charge is -2.14. The number of para-hydroxylation sites is 3. The number of carbonyl (C=O) groups excluding carboxylic acids is 1. The number of halogens is 1. The molecule has 5 heteroatoms. The molecule has 0 heterocycles. The number of carbonyl (C=O) groups is 1. The van der Waals surface area contributed by atoms with Crippen LogP contribution in [0.4, 0.5) is 5.69 Å². The Morgan fingerprint density at radius 2 is 2.00 bits per heavy atom. The van der Waals surface area contributed by atoms with E-state index in [4.69, 9.17) is 16.3 Å². The Hall–Kier alpha value is -2.04. The van der Waals surface area contributed by atoms with Crippen molar-refractivity contribution in [2.24, 2.45) is 0 Å². The lowest BCUT2D eigenvalue weighted by Crippen LogP contribution is -2.07. The largest absolute Gasteiger partial charge is 0.453 e. The van der Waals surface area contributed by atoms with Crippen molar-refractivity contribution in [3.05, 3.63) is 53.1 Å². The topological polar surface area (TPSA) is 58.6 Å². The Kier molecular flexibility index (Phi) is 4.61. The zero-order valence-corrected chi connectivity index (χ0v) is 11.6. The number of hydrogen-bond acceptors (Lipinski definition) is 3. The zero-order valence-electron chi connectivity index (χ0n) is 10.9. The number of aliphatic hydroxyl groups excluding tert-OH is 1. The fourth-order valence-corrected chi connectivity index (χ4v) is 1.98. The summed E-state index contributed by atoms with van der Waals surface area (Å²) in [6, 6.07) is 12.2. The van der Waals surface area contributed by atoms with Gasteiger partial charge in [0.05, 0.1) is 17.3 Å². The summed E-state index contributed by atoms with van der Waals surface area (Å²) in [5.41, 5.74) is 1.12. The van der Waals surface area contributed by atoms with Crippen molar-refractivity contribution in [2.75, 3.05) is 5.32 Å². The first-order valence-electron chi connectivity index (χ1n) is 6.04. The fourth-order valence-electron chi connectivity index (χ4n) is 1.75. The van der Waals surface area contributed by atoms with Gasteiger partial charge < -0.3 is 15.2 Å². The number of ether oxygens (including phenoxy) is 1. The number of nitrogens with one attached hydrogen (secondary N) is 1. The van der Waals surface area contributed by atoms with E-state index >= 15 is 0 Å². The summed E-state index contributed by atoms with van der Waals surface area (Å²) in [6.45, 7) is 1.24. The standard InChI is InChI=1S/C15H14ClNO3/c1-10(19)17-13-7-2-3-8-14(13)20-15-11(9-18)5-4-6-12(15)16/h2-8,18H,9H2,1H3,(H,17,19). The van der Waals surface area contributed by atoms with Crippen LogP contribution in [0.1, 0.15) is 12.5 Å². The van der Waals surface area contributed by atoms with Gasteiger partial charge in [-0.05, 0) is 18.2 Å². The first-order valence-corrected chi connectivity index (χ1v) is 6.42. The second kappa shape index (κ2) is 6.41. The normalized spacial score (nSPS) is 10.2. The minimum absolute atomic E-state index is 0.182. The predicted octanol–water partition coefficient (Wildman–Crippen LogP) is 3.58. The van der Waals surface area contributed by atoms with Crippen molar-refractivity contribution < 1.29 is 14.6 Å². The van der Waals surface area contributed by atoms with Gasteiger partial charge in [0.2, 0.25) is 5.91 Å². The van der Waals surface area contributed by atoms with Crippen molar-refractivity contribution in [3.8, 4) is 11.5 Å². The van der Waals surface area contributed by atoms with Crippen LogP contribution >= 0.6 is 11.6 Å². The maximum Gasteiger partial charge on any atom is 0.221 e. The van der Waals surface area contributed by atoms with Gasteiger partial charge in [0.15, 0.2) is 11.5 Å². The van der Waals surface area contributed by atoms with Crippen LogP contribution in [0.5, 0.6) is 11.5 Å². The molecule has 0 aliphatic rings. The number of hydrogen-bond donors (Lipinski definition) is 2. The maximum absolute atomic E-state index is 11.2. The molecule has 0 bridgehead atoms. The molecule has 0 unspecified atom stereocenters. The Labute approximate surface area is 122 Å². The summed E-state index contributed by atoms with van der Waals surface area (Å²) in [4.78, 5) is 11.2. The number of anilines is 1. The van der Waals surface area contributed by atoms with E-state index in [1.54, 1.807) is 42.5 Å². The molecule has 2 rings (SSSR count). The van der Waals surface area contributed by atoms with Gasteiger partial charge in [-0.2, -0.15) is 0 Å². The summed E-state index contributed by atoms with van der Waals surface area (Å²) >= 11 is 6.09. The molecule has 0 saturated carbocycles. The highest BCUT2D eigenvalue weighted by atomic mass is 35.5. The summed E-state index contributed by atoms with van der Waals surface area (Å²) in [7, 11) is 0. The second-order valence-corrected chi connectivity index (χ2v) is 4.57. The van der Waals surface area contributed by atoms with Gasteiger partial charge in [-0.15, -0.1) is 0 Å². The summed E-state index contributed by atoms with van der Waals surface area (Å²) in [5, 5.41) is 12.4. The van der Waals surface area contributed by atoms with Gasteiger partial charge in [-0.1, -0.05) is 35.9 Å². The summed E-state index contributed by atoms with van der Waals surface area (Å²) in [6.07, 6.45) is 0. The first-order chi connectivity index (χ1) is 9.61. The highest BCUT2D eigenvalue weighted by molar-refractivity contribution is 6.32. The van der Waals surface area contributed by atoms with E-state index in [0.29, 0.717) is 27.8 Å². The Bertz CT molecular complexity index is 628. The highest BCUT2D eigenvalue weighted by Gasteiger charge is 2.12. The molecule has 0 radical (unpaired) electrons. The quantitative estimate of drug-likeness (QED) is 0.905. The smallest absolute Gasteiger partial charge is 0.221 e. The van der Waals surface area contributed by atoms with Crippen LogP contribution in [0.2, 0.25) is 5.02 Å². The van der Waals surface area contributed by atoms with E-state index in [9.17, 15) is 9.90 Å². The molecule has 2 N–H and O–H groups in total. The molecule has 0 aromatic heterocycles. The molecule has 2 aromatic carbocycles. The lowest BCUT2D eigenvalue weighted by molar-refractivity contribution is -0.114. The summed E-state index contributed by atoms with van der Waals surface area (Å²) < 4.78 is 5.76.